The predicted octanol–water partition coefficient (Wildman–Crippen LogP) is 2.64. The van der Waals surface area contributed by atoms with Gasteiger partial charge >= 0.3 is 0 Å². The molecule has 0 fully saturated rings. The lowest BCUT2D eigenvalue weighted by molar-refractivity contribution is 0.0939. The minimum Gasteiger partial charge on any atom is -0.350 e. The molecule has 18 heavy (non-hydrogen) atoms. The lowest BCUT2D eigenvalue weighted by atomic mass is 10.1. The van der Waals surface area contributed by atoms with E-state index in [1.54, 1.807) is 12.3 Å². The molecule has 0 aliphatic heterocycles. The first-order valence-corrected chi connectivity index (χ1v) is 8.29. The molecular weight excluding hydrogens is 314 g/mol. The first-order chi connectivity index (χ1) is 8.40. The Bertz CT molecular complexity index is 462. The van der Waals surface area contributed by atoms with Crippen molar-refractivity contribution >= 4 is 32.6 Å². The van der Waals surface area contributed by atoms with Crippen molar-refractivity contribution in [2.24, 2.45) is 0 Å². The van der Waals surface area contributed by atoms with Crippen molar-refractivity contribution in [1.29, 1.82) is 0 Å². The second-order valence-corrected chi connectivity index (χ2v) is 6.81. The Labute approximate surface area is 119 Å². The van der Waals surface area contributed by atoms with Crippen LogP contribution >= 0.6 is 15.9 Å². The molecule has 0 heterocycles. The summed E-state index contributed by atoms with van der Waals surface area (Å²) in [5.74, 6) is 0.529. The summed E-state index contributed by atoms with van der Waals surface area (Å²) in [7, 11) is -0.810. The number of hydrogen-bond acceptors (Lipinski definition) is 2. The van der Waals surface area contributed by atoms with Gasteiger partial charge < -0.3 is 5.32 Å². The number of carbonyl (C=O) groups is 1. The van der Waals surface area contributed by atoms with Crippen LogP contribution in [0.5, 0.6) is 0 Å². The van der Waals surface area contributed by atoms with Crippen molar-refractivity contribution in [2.45, 2.75) is 26.3 Å². The van der Waals surface area contributed by atoms with Gasteiger partial charge in [0.15, 0.2) is 0 Å². The van der Waals surface area contributed by atoms with Crippen LogP contribution in [0.4, 0.5) is 0 Å². The Balaban J connectivity index is 2.59. The molecular formula is C13H18BrNO2S. The summed E-state index contributed by atoms with van der Waals surface area (Å²) in [6, 6.07) is 5.54. The lowest BCUT2D eigenvalue weighted by Crippen LogP contribution is -2.33. The third-order valence-electron chi connectivity index (χ3n) is 2.64. The fraction of sp³-hybridized carbons (Fsp3) is 0.462. The van der Waals surface area contributed by atoms with Crippen LogP contribution in [-0.4, -0.2) is 28.2 Å². The number of halogens is 1. The van der Waals surface area contributed by atoms with Gasteiger partial charge in [0.1, 0.15) is 0 Å². The average molecular weight is 332 g/mol. The standard InChI is InChI=1S/C13H18BrNO2S/c1-9-8-11(4-5-12(9)14)13(16)15-10(2)6-7-18(3)17/h4-5,8,10H,6-7H2,1-3H3,(H,15,16). The Hall–Kier alpha value is -0.680. The van der Waals surface area contributed by atoms with Crippen molar-refractivity contribution in [3.63, 3.8) is 0 Å². The fourth-order valence-electron chi connectivity index (χ4n) is 1.51. The van der Waals surface area contributed by atoms with Crippen LogP contribution in [0.1, 0.15) is 29.3 Å². The van der Waals surface area contributed by atoms with Gasteiger partial charge in [-0.25, -0.2) is 0 Å². The number of rotatable bonds is 5. The molecule has 0 saturated carbocycles. The van der Waals surface area contributed by atoms with E-state index in [-0.39, 0.29) is 11.9 Å². The van der Waals surface area contributed by atoms with Gasteiger partial charge in [-0.15, -0.1) is 0 Å². The second kappa shape index (κ2) is 7.04. The van der Waals surface area contributed by atoms with E-state index in [4.69, 9.17) is 0 Å². The monoisotopic (exact) mass is 331 g/mol. The maximum atomic E-state index is 12.0. The Morgan fingerprint density at radius 2 is 2.17 bits per heavy atom. The minimum absolute atomic E-state index is 0.0327. The second-order valence-electron chi connectivity index (χ2n) is 4.40. The van der Waals surface area contributed by atoms with Gasteiger partial charge in [0.05, 0.1) is 0 Å². The maximum Gasteiger partial charge on any atom is 0.251 e. The minimum atomic E-state index is -0.810. The molecule has 0 aliphatic rings. The molecule has 0 bridgehead atoms. The number of benzene rings is 1. The number of hydrogen-bond donors (Lipinski definition) is 1. The Kier molecular flexibility index (Phi) is 6.02. The normalized spacial score (nSPS) is 14.0. The van der Waals surface area contributed by atoms with Crippen LogP contribution in [-0.2, 0) is 10.8 Å². The van der Waals surface area contributed by atoms with Gasteiger partial charge in [-0.05, 0) is 44.0 Å². The quantitative estimate of drug-likeness (QED) is 0.901. The van der Waals surface area contributed by atoms with Crippen molar-refractivity contribution < 1.29 is 9.00 Å². The molecule has 2 unspecified atom stereocenters. The summed E-state index contributed by atoms with van der Waals surface area (Å²) < 4.78 is 12.0. The molecule has 0 aliphatic carbocycles. The van der Waals surface area contributed by atoms with E-state index in [1.165, 1.54) is 0 Å². The molecule has 5 heteroatoms. The highest BCUT2D eigenvalue weighted by atomic mass is 79.9. The van der Waals surface area contributed by atoms with Crippen molar-refractivity contribution in [3.05, 3.63) is 33.8 Å². The van der Waals surface area contributed by atoms with E-state index in [1.807, 2.05) is 26.0 Å². The lowest BCUT2D eigenvalue weighted by Gasteiger charge is -2.13. The molecule has 0 aromatic heterocycles. The highest BCUT2D eigenvalue weighted by Gasteiger charge is 2.10. The summed E-state index contributed by atoms with van der Waals surface area (Å²) in [6.45, 7) is 3.88. The molecule has 1 N–H and O–H groups in total. The van der Waals surface area contributed by atoms with Crippen LogP contribution in [0, 0.1) is 6.92 Å². The molecule has 0 spiro atoms. The van der Waals surface area contributed by atoms with Crippen molar-refractivity contribution in [2.75, 3.05) is 12.0 Å². The summed E-state index contributed by atoms with van der Waals surface area (Å²) in [6.07, 6.45) is 2.40. The van der Waals surface area contributed by atoms with Crippen molar-refractivity contribution in [1.82, 2.24) is 5.32 Å². The molecule has 3 nitrogen and oxygen atoms in total. The zero-order chi connectivity index (χ0) is 13.7. The zero-order valence-corrected chi connectivity index (χ0v) is 13.2. The van der Waals surface area contributed by atoms with Crippen LogP contribution in [0.2, 0.25) is 0 Å². The summed E-state index contributed by atoms with van der Waals surface area (Å²) >= 11 is 3.40. The molecule has 0 saturated heterocycles. The number of carbonyl (C=O) groups excluding carboxylic acids is 1. The largest absolute Gasteiger partial charge is 0.350 e. The molecule has 1 aromatic carbocycles. The van der Waals surface area contributed by atoms with Gasteiger partial charge in [-0.1, -0.05) is 15.9 Å². The van der Waals surface area contributed by atoms with E-state index >= 15 is 0 Å². The maximum absolute atomic E-state index is 12.0. The van der Waals surface area contributed by atoms with Gasteiger partial charge in [-0.2, -0.15) is 0 Å². The molecule has 1 amide bonds. The predicted molar refractivity (Wildman–Crippen MR) is 79.4 cm³/mol. The summed E-state index contributed by atoms with van der Waals surface area (Å²) in [4.78, 5) is 12.0. The Morgan fingerprint density at radius 1 is 1.50 bits per heavy atom. The van der Waals surface area contributed by atoms with Crippen LogP contribution < -0.4 is 5.32 Å². The highest BCUT2D eigenvalue weighted by molar-refractivity contribution is 9.10. The van der Waals surface area contributed by atoms with Gasteiger partial charge in [0.25, 0.3) is 5.91 Å². The Morgan fingerprint density at radius 3 is 2.72 bits per heavy atom. The van der Waals surface area contributed by atoms with E-state index < -0.39 is 10.8 Å². The number of aryl methyl sites for hydroxylation is 1. The summed E-state index contributed by atoms with van der Waals surface area (Å²) in [5.41, 5.74) is 1.69. The topological polar surface area (TPSA) is 46.2 Å². The number of nitrogens with one attached hydrogen (secondary N) is 1. The van der Waals surface area contributed by atoms with Crippen LogP contribution in [0.15, 0.2) is 22.7 Å². The van der Waals surface area contributed by atoms with Crippen molar-refractivity contribution in [3.8, 4) is 0 Å². The molecule has 0 radical (unpaired) electrons. The first kappa shape index (κ1) is 15.4. The summed E-state index contributed by atoms with van der Waals surface area (Å²) in [5, 5.41) is 2.91. The highest BCUT2D eigenvalue weighted by Crippen LogP contribution is 2.17. The number of amides is 1. The van der Waals surface area contributed by atoms with E-state index in [0.29, 0.717) is 11.3 Å². The molecule has 2 atom stereocenters. The molecule has 100 valence electrons. The third-order valence-corrected chi connectivity index (χ3v) is 4.34. The van der Waals surface area contributed by atoms with E-state index in [0.717, 1.165) is 16.5 Å². The zero-order valence-electron chi connectivity index (χ0n) is 10.8. The molecule has 1 aromatic rings. The van der Waals surface area contributed by atoms with E-state index in [9.17, 15) is 9.00 Å². The van der Waals surface area contributed by atoms with Gasteiger partial charge in [-0.3, -0.25) is 9.00 Å². The SMILES string of the molecule is Cc1cc(C(=O)NC(C)CCS(C)=O)ccc1Br. The average Bonchev–Trinajstić information content (AvgIpc) is 2.30. The van der Waals surface area contributed by atoms with Gasteiger partial charge in [0.2, 0.25) is 0 Å². The van der Waals surface area contributed by atoms with Gasteiger partial charge in [0, 0.05) is 38.9 Å². The van der Waals surface area contributed by atoms with Crippen LogP contribution in [0.25, 0.3) is 0 Å². The third kappa shape index (κ3) is 4.90. The molecule has 1 rings (SSSR count). The first-order valence-electron chi connectivity index (χ1n) is 5.77. The fourth-order valence-corrected chi connectivity index (χ4v) is 2.44. The smallest absolute Gasteiger partial charge is 0.251 e. The van der Waals surface area contributed by atoms with Crippen LogP contribution in [0.3, 0.4) is 0 Å². The van der Waals surface area contributed by atoms with E-state index in [2.05, 4.69) is 21.2 Å².